The second-order valence-corrected chi connectivity index (χ2v) is 12.1. The van der Waals surface area contributed by atoms with Gasteiger partial charge in [0.05, 0.1) is 16.6 Å². The highest BCUT2D eigenvalue weighted by molar-refractivity contribution is 6.18. The van der Waals surface area contributed by atoms with Gasteiger partial charge in [-0.2, -0.15) is 0 Å². The number of para-hydroxylation sites is 3. The Morgan fingerprint density at radius 3 is 1.72 bits per heavy atom. The van der Waals surface area contributed by atoms with Crippen LogP contribution in [0.1, 0.15) is 0 Å². The third kappa shape index (κ3) is 3.85. The number of imidazole rings is 1. The first-order chi connectivity index (χ1) is 23.3. The van der Waals surface area contributed by atoms with Crippen LogP contribution in [0.2, 0.25) is 0 Å². The van der Waals surface area contributed by atoms with Crippen molar-refractivity contribution in [3.05, 3.63) is 170 Å². The van der Waals surface area contributed by atoms with Crippen molar-refractivity contribution < 1.29 is 0 Å². The molecule has 0 bridgehead atoms. The maximum atomic E-state index is 5.44. The van der Waals surface area contributed by atoms with Crippen LogP contribution >= 0.6 is 0 Å². The molecular formula is C43H28N4. The van der Waals surface area contributed by atoms with Gasteiger partial charge in [0.15, 0.2) is 5.65 Å². The fourth-order valence-electron chi connectivity index (χ4n) is 7.34. The van der Waals surface area contributed by atoms with E-state index in [2.05, 4.69) is 184 Å². The molecule has 0 aliphatic carbocycles. The normalized spacial score (nSPS) is 11.8. The van der Waals surface area contributed by atoms with E-state index in [-0.39, 0.29) is 0 Å². The van der Waals surface area contributed by atoms with Gasteiger partial charge >= 0.3 is 0 Å². The van der Waals surface area contributed by atoms with Gasteiger partial charge in [0.2, 0.25) is 0 Å². The van der Waals surface area contributed by atoms with Crippen LogP contribution < -0.4 is 0 Å². The number of rotatable bonds is 4. The first kappa shape index (κ1) is 25.9. The first-order valence-electron chi connectivity index (χ1n) is 16.0. The number of fused-ring (bicyclic) bond motifs is 7. The smallest absolute Gasteiger partial charge is 0.165 e. The van der Waals surface area contributed by atoms with Gasteiger partial charge in [0, 0.05) is 38.8 Å². The van der Waals surface area contributed by atoms with E-state index < -0.39 is 0 Å². The molecule has 4 heteroatoms. The molecule has 0 unspecified atom stereocenters. The van der Waals surface area contributed by atoms with E-state index in [1.165, 1.54) is 32.6 Å². The molecule has 0 fully saturated rings. The van der Waals surface area contributed by atoms with Crippen molar-refractivity contribution in [3.63, 3.8) is 0 Å². The minimum absolute atomic E-state index is 0.920. The van der Waals surface area contributed by atoms with E-state index in [0.29, 0.717) is 0 Å². The number of hydrogen-bond acceptors (Lipinski definition) is 1. The van der Waals surface area contributed by atoms with E-state index in [0.717, 1.165) is 50.5 Å². The third-order valence-corrected chi connectivity index (χ3v) is 9.41. The Balaban J connectivity index is 1.40. The van der Waals surface area contributed by atoms with Gasteiger partial charge in [0.1, 0.15) is 11.3 Å². The van der Waals surface area contributed by atoms with Crippen LogP contribution in [-0.4, -0.2) is 18.7 Å². The molecule has 3 aromatic heterocycles. The molecule has 10 aromatic rings. The summed E-state index contributed by atoms with van der Waals surface area (Å²) < 4.78 is 7.09. The Kier molecular flexibility index (Phi) is 5.54. The van der Waals surface area contributed by atoms with Crippen molar-refractivity contribution in [2.45, 2.75) is 0 Å². The number of aromatic nitrogens is 4. The molecule has 0 aliphatic heterocycles. The van der Waals surface area contributed by atoms with Crippen LogP contribution in [0.4, 0.5) is 0 Å². The Labute approximate surface area is 271 Å². The van der Waals surface area contributed by atoms with Gasteiger partial charge in [-0.05, 0) is 65.4 Å². The van der Waals surface area contributed by atoms with Gasteiger partial charge in [-0.1, -0.05) is 115 Å². The lowest BCUT2D eigenvalue weighted by Gasteiger charge is -2.11. The fraction of sp³-hybridized carbons (Fsp3) is 0. The Morgan fingerprint density at radius 1 is 0.362 bits per heavy atom. The Bertz CT molecular complexity index is 2770. The molecule has 0 saturated heterocycles. The minimum Gasteiger partial charge on any atom is -0.309 e. The van der Waals surface area contributed by atoms with E-state index in [9.17, 15) is 0 Å². The lowest BCUT2D eigenvalue weighted by Crippen LogP contribution is -1.98. The van der Waals surface area contributed by atoms with Gasteiger partial charge in [-0.25, -0.2) is 4.98 Å². The standard InChI is InChI=1S/C43H28N4/c1-4-15-30(16-5-1)42-44-43-41(47(42)33-20-8-3-9-21-33)37-28-39-36(27-40(37)46(43)32-18-6-2-7-19-32)35-22-12-13-23-38(35)45(39)34-25-24-29-14-10-11-17-31(29)26-34/h1-28H. The zero-order valence-corrected chi connectivity index (χ0v) is 25.5. The van der Waals surface area contributed by atoms with E-state index in [1.54, 1.807) is 0 Å². The zero-order valence-electron chi connectivity index (χ0n) is 25.5. The number of benzene rings is 7. The van der Waals surface area contributed by atoms with Crippen LogP contribution in [0.15, 0.2) is 170 Å². The van der Waals surface area contributed by atoms with Gasteiger partial charge in [0.25, 0.3) is 0 Å². The molecule has 0 radical (unpaired) electrons. The second kappa shape index (κ2) is 10.1. The van der Waals surface area contributed by atoms with Crippen LogP contribution in [0.3, 0.4) is 0 Å². The summed E-state index contributed by atoms with van der Waals surface area (Å²) in [6.45, 7) is 0. The second-order valence-electron chi connectivity index (χ2n) is 12.1. The third-order valence-electron chi connectivity index (χ3n) is 9.41. The fourth-order valence-corrected chi connectivity index (χ4v) is 7.34. The van der Waals surface area contributed by atoms with Crippen LogP contribution in [0, 0.1) is 0 Å². The van der Waals surface area contributed by atoms with Crippen molar-refractivity contribution in [2.75, 3.05) is 0 Å². The quantitative estimate of drug-likeness (QED) is 0.197. The topological polar surface area (TPSA) is 27.7 Å². The molecule has 47 heavy (non-hydrogen) atoms. The molecule has 0 saturated carbocycles. The lowest BCUT2D eigenvalue weighted by molar-refractivity contribution is 1.10. The predicted molar refractivity (Wildman–Crippen MR) is 195 cm³/mol. The van der Waals surface area contributed by atoms with Crippen LogP contribution in [0.25, 0.3) is 83.1 Å². The highest BCUT2D eigenvalue weighted by Crippen LogP contribution is 2.42. The van der Waals surface area contributed by atoms with E-state index >= 15 is 0 Å². The summed E-state index contributed by atoms with van der Waals surface area (Å²) in [7, 11) is 0. The molecule has 10 rings (SSSR count). The van der Waals surface area contributed by atoms with E-state index in [4.69, 9.17) is 4.98 Å². The molecule has 0 aliphatic rings. The molecule has 7 aromatic carbocycles. The Hall–Kier alpha value is -6.39. The molecule has 4 nitrogen and oxygen atoms in total. The first-order valence-corrected chi connectivity index (χ1v) is 16.0. The average molecular weight is 601 g/mol. The van der Waals surface area contributed by atoms with Crippen LogP contribution in [-0.2, 0) is 0 Å². The SMILES string of the molecule is c1ccc(-c2nc3c(c4cc5c(cc4n3-c3ccccc3)c3ccccc3n5-c3ccc4ccccc4c3)n2-c2ccccc2)cc1. The lowest BCUT2D eigenvalue weighted by atomic mass is 10.1. The maximum Gasteiger partial charge on any atom is 0.165 e. The largest absolute Gasteiger partial charge is 0.309 e. The van der Waals surface area contributed by atoms with Gasteiger partial charge < -0.3 is 4.57 Å². The highest BCUT2D eigenvalue weighted by atomic mass is 15.2. The summed E-state index contributed by atoms with van der Waals surface area (Å²) in [5.74, 6) is 0.920. The molecular weight excluding hydrogens is 573 g/mol. The summed E-state index contributed by atoms with van der Waals surface area (Å²) in [6, 6.07) is 60.6. The van der Waals surface area contributed by atoms with Crippen LogP contribution in [0.5, 0.6) is 0 Å². The number of nitrogens with zero attached hydrogens (tertiary/aromatic N) is 4. The monoisotopic (exact) mass is 600 g/mol. The number of hydrogen-bond donors (Lipinski definition) is 0. The highest BCUT2D eigenvalue weighted by Gasteiger charge is 2.25. The molecule has 0 N–H and O–H groups in total. The summed E-state index contributed by atoms with van der Waals surface area (Å²) >= 11 is 0. The van der Waals surface area contributed by atoms with Crippen molar-refractivity contribution in [1.29, 1.82) is 0 Å². The van der Waals surface area contributed by atoms with Crippen molar-refractivity contribution in [1.82, 2.24) is 18.7 Å². The molecule has 0 atom stereocenters. The molecule has 3 heterocycles. The summed E-state index contributed by atoms with van der Waals surface area (Å²) in [5.41, 5.74) is 9.90. The summed E-state index contributed by atoms with van der Waals surface area (Å²) in [5, 5.41) is 6.06. The van der Waals surface area contributed by atoms with Crippen molar-refractivity contribution in [3.8, 4) is 28.5 Å². The average Bonchev–Trinajstić information content (AvgIpc) is 3.78. The van der Waals surface area contributed by atoms with Crippen molar-refractivity contribution >= 4 is 54.6 Å². The molecule has 220 valence electrons. The Morgan fingerprint density at radius 2 is 0.957 bits per heavy atom. The van der Waals surface area contributed by atoms with Gasteiger partial charge in [-0.15, -0.1) is 0 Å². The molecule has 0 amide bonds. The zero-order chi connectivity index (χ0) is 30.9. The maximum absolute atomic E-state index is 5.44. The van der Waals surface area contributed by atoms with Gasteiger partial charge in [-0.3, -0.25) is 9.13 Å². The summed E-state index contributed by atoms with van der Waals surface area (Å²) in [4.78, 5) is 5.44. The summed E-state index contributed by atoms with van der Waals surface area (Å²) in [6.07, 6.45) is 0. The van der Waals surface area contributed by atoms with E-state index in [1.807, 2.05) is 0 Å². The minimum atomic E-state index is 0.920. The molecule has 0 spiro atoms. The predicted octanol–water partition coefficient (Wildman–Crippen LogP) is 10.9. The van der Waals surface area contributed by atoms with Crippen molar-refractivity contribution in [2.24, 2.45) is 0 Å².